The van der Waals surface area contributed by atoms with E-state index in [0.717, 1.165) is 27.8 Å². The molecule has 1 aliphatic heterocycles. The van der Waals surface area contributed by atoms with Gasteiger partial charge < -0.3 is 19.7 Å². The van der Waals surface area contributed by atoms with E-state index in [9.17, 15) is 14.8 Å². The normalized spacial score (nSPS) is 15.6. The Balaban J connectivity index is 1.18. The molecule has 8 heteroatoms. The van der Waals surface area contributed by atoms with Crippen LogP contribution in [0.2, 0.25) is 0 Å². The third-order valence-electron chi connectivity index (χ3n) is 7.13. The van der Waals surface area contributed by atoms with Gasteiger partial charge in [0.2, 0.25) is 0 Å². The summed E-state index contributed by atoms with van der Waals surface area (Å²) in [4.78, 5) is 17.0. The number of halogens is 1. The number of nitrogens with zero attached hydrogens (tertiary/aromatic N) is 2. The Morgan fingerprint density at radius 2 is 1.60 bits per heavy atom. The lowest BCUT2D eigenvalue weighted by molar-refractivity contribution is 0.0728. The second kappa shape index (κ2) is 10.3. The molecule has 2 N–H and O–H groups in total. The fourth-order valence-electron chi connectivity index (χ4n) is 5.09. The fraction of sp³-hybridized carbons (Fsp3) is 0.296. The highest BCUT2D eigenvalue weighted by molar-refractivity contribution is 14.1. The van der Waals surface area contributed by atoms with Gasteiger partial charge in [-0.3, -0.25) is 4.90 Å². The predicted molar refractivity (Wildman–Crippen MR) is 146 cm³/mol. The smallest absolute Gasteiger partial charge is 0.448 e. The molecule has 180 valence electrons. The number of piperazine rings is 1. The minimum absolute atomic E-state index is 0.0623. The van der Waals surface area contributed by atoms with Crippen molar-refractivity contribution in [2.24, 2.45) is 0 Å². The highest BCUT2D eigenvalue weighted by Gasteiger charge is 2.30. The maximum Gasteiger partial charge on any atom is 0.488 e. The van der Waals surface area contributed by atoms with Crippen LogP contribution in [0.25, 0.3) is 11.1 Å². The van der Waals surface area contributed by atoms with Gasteiger partial charge in [-0.1, -0.05) is 54.6 Å². The van der Waals surface area contributed by atoms with E-state index in [1.165, 1.54) is 22.3 Å². The lowest BCUT2D eigenvalue weighted by Crippen LogP contribution is -2.48. The number of rotatable bonds is 5. The standard InChI is InChI=1S/C27H28BIN2O4/c1-18-19(14-20(28(33)34)15-26(18)29)16-30-10-12-31(13-11-30)27(32)35-17-25-23-8-4-2-6-21(23)22-7-3-5-9-24(22)25/h2-9,14-15,25,33-34H,10-13,16-17H2,1H3. The van der Waals surface area contributed by atoms with Crippen LogP contribution in [0.4, 0.5) is 4.79 Å². The van der Waals surface area contributed by atoms with Crippen molar-refractivity contribution in [1.82, 2.24) is 9.80 Å². The number of carbonyl (C=O) groups excluding carboxylic acids is 1. The number of benzene rings is 3. The Bertz CT molecular complexity index is 1200. The average Bonchev–Trinajstić information content (AvgIpc) is 3.19. The molecule has 1 amide bonds. The number of hydrogen-bond acceptors (Lipinski definition) is 5. The van der Waals surface area contributed by atoms with Crippen LogP contribution >= 0.6 is 22.6 Å². The van der Waals surface area contributed by atoms with Crippen LogP contribution < -0.4 is 5.46 Å². The second-order valence-corrected chi connectivity index (χ2v) is 10.4. The van der Waals surface area contributed by atoms with Crippen molar-refractivity contribution < 1.29 is 19.6 Å². The van der Waals surface area contributed by atoms with Crippen LogP contribution in [-0.2, 0) is 11.3 Å². The van der Waals surface area contributed by atoms with Crippen molar-refractivity contribution in [2.45, 2.75) is 19.4 Å². The van der Waals surface area contributed by atoms with Gasteiger partial charge in [0.25, 0.3) is 0 Å². The Morgan fingerprint density at radius 1 is 1.00 bits per heavy atom. The predicted octanol–water partition coefficient (Wildman–Crippen LogP) is 3.35. The highest BCUT2D eigenvalue weighted by Crippen LogP contribution is 2.44. The molecular weight excluding hydrogens is 554 g/mol. The van der Waals surface area contributed by atoms with E-state index in [1.54, 1.807) is 11.0 Å². The lowest BCUT2D eigenvalue weighted by Gasteiger charge is -2.34. The van der Waals surface area contributed by atoms with Gasteiger partial charge in [0.15, 0.2) is 0 Å². The monoisotopic (exact) mass is 582 g/mol. The van der Waals surface area contributed by atoms with Crippen molar-refractivity contribution in [3.63, 3.8) is 0 Å². The van der Waals surface area contributed by atoms with Crippen molar-refractivity contribution in [2.75, 3.05) is 32.8 Å². The molecule has 0 radical (unpaired) electrons. The van der Waals surface area contributed by atoms with Crippen molar-refractivity contribution in [3.05, 3.63) is 86.5 Å². The summed E-state index contributed by atoms with van der Waals surface area (Å²) in [6.07, 6.45) is -0.261. The molecule has 0 saturated carbocycles. The molecule has 1 heterocycles. The average molecular weight is 582 g/mol. The summed E-state index contributed by atoms with van der Waals surface area (Å²) in [5.74, 6) is 0.0623. The topological polar surface area (TPSA) is 73.2 Å². The molecule has 3 aromatic rings. The first-order chi connectivity index (χ1) is 16.9. The molecule has 5 rings (SSSR count). The minimum atomic E-state index is -1.48. The van der Waals surface area contributed by atoms with E-state index < -0.39 is 7.12 Å². The van der Waals surface area contributed by atoms with Gasteiger partial charge in [-0.15, -0.1) is 0 Å². The van der Waals surface area contributed by atoms with Crippen LogP contribution in [0.5, 0.6) is 0 Å². The third kappa shape index (κ3) is 4.98. The molecule has 1 aliphatic carbocycles. The molecule has 1 saturated heterocycles. The molecule has 3 aromatic carbocycles. The molecule has 0 spiro atoms. The molecule has 2 aliphatic rings. The molecule has 0 bridgehead atoms. The van der Waals surface area contributed by atoms with Gasteiger partial charge in [0, 0.05) is 42.2 Å². The summed E-state index contributed by atoms with van der Waals surface area (Å²) >= 11 is 2.23. The first-order valence-electron chi connectivity index (χ1n) is 11.9. The van der Waals surface area contributed by atoms with E-state index in [1.807, 2.05) is 30.3 Å². The van der Waals surface area contributed by atoms with E-state index in [2.05, 4.69) is 58.7 Å². The zero-order valence-corrected chi connectivity index (χ0v) is 21.8. The highest BCUT2D eigenvalue weighted by atomic mass is 127. The van der Waals surface area contributed by atoms with Crippen LogP contribution in [0.15, 0.2) is 60.7 Å². The summed E-state index contributed by atoms with van der Waals surface area (Å²) < 4.78 is 6.84. The quantitative estimate of drug-likeness (QED) is 0.357. The molecule has 35 heavy (non-hydrogen) atoms. The van der Waals surface area contributed by atoms with E-state index in [-0.39, 0.29) is 12.0 Å². The first kappa shape index (κ1) is 24.3. The van der Waals surface area contributed by atoms with Gasteiger partial charge in [-0.2, -0.15) is 0 Å². The summed E-state index contributed by atoms with van der Waals surface area (Å²) in [5.41, 5.74) is 7.61. The van der Waals surface area contributed by atoms with Gasteiger partial charge in [0.05, 0.1) is 0 Å². The minimum Gasteiger partial charge on any atom is -0.448 e. The number of amides is 1. The number of carbonyl (C=O) groups is 1. The van der Waals surface area contributed by atoms with Gasteiger partial charge in [-0.05, 0) is 74.4 Å². The third-order valence-corrected chi connectivity index (χ3v) is 8.25. The van der Waals surface area contributed by atoms with Crippen molar-refractivity contribution in [3.8, 4) is 11.1 Å². The molecule has 1 fully saturated rings. The Morgan fingerprint density at radius 3 is 2.20 bits per heavy atom. The molecule has 0 atom stereocenters. The van der Waals surface area contributed by atoms with Crippen LogP contribution in [0.3, 0.4) is 0 Å². The molecule has 0 unspecified atom stereocenters. The SMILES string of the molecule is Cc1c(I)cc(B(O)O)cc1CN1CCN(C(=O)OCC2c3ccccc3-c3ccccc32)CC1. The van der Waals surface area contributed by atoms with Crippen molar-refractivity contribution in [1.29, 1.82) is 0 Å². The van der Waals surface area contributed by atoms with E-state index in [0.29, 0.717) is 31.7 Å². The van der Waals surface area contributed by atoms with Crippen LogP contribution in [-0.4, -0.2) is 65.8 Å². The summed E-state index contributed by atoms with van der Waals surface area (Å²) in [6, 6.07) is 20.4. The zero-order chi connectivity index (χ0) is 24.5. The van der Waals surface area contributed by atoms with Gasteiger partial charge in [0.1, 0.15) is 6.61 Å². The van der Waals surface area contributed by atoms with Gasteiger partial charge >= 0.3 is 13.2 Å². The maximum atomic E-state index is 12.9. The van der Waals surface area contributed by atoms with Crippen molar-refractivity contribution >= 4 is 41.3 Å². The Kier molecular flexibility index (Phi) is 7.15. The largest absolute Gasteiger partial charge is 0.488 e. The van der Waals surface area contributed by atoms with Crippen LogP contribution in [0, 0.1) is 10.5 Å². The number of hydrogen-bond donors (Lipinski definition) is 2. The number of fused-ring (bicyclic) bond motifs is 3. The van der Waals surface area contributed by atoms with E-state index >= 15 is 0 Å². The zero-order valence-electron chi connectivity index (χ0n) is 19.7. The van der Waals surface area contributed by atoms with E-state index in [4.69, 9.17) is 4.74 Å². The van der Waals surface area contributed by atoms with Crippen LogP contribution in [0.1, 0.15) is 28.2 Å². The molecular formula is C27H28BIN2O4. The molecule has 6 nitrogen and oxygen atoms in total. The fourth-order valence-corrected chi connectivity index (χ4v) is 5.79. The maximum absolute atomic E-state index is 12.9. The second-order valence-electron chi connectivity index (χ2n) is 9.23. The molecule has 0 aromatic heterocycles. The summed E-state index contributed by atoms with van der Waals surface area (Å²) in [6.45, 7) is 5.79. The Hall–Kier alpha value is -2.40. The lowest BCUT2D eigenvalue weighted by atomic mass is 9.79. The summed E-state index contributed by atoms with van der Waals surface area (Å²) in [7, 11) is -1.48. The summed E-state index contributed by atoms with van der Waals surface area (Å²) in [5, 5.41) is 19.2. The number of ether oxygens (including phenoxy) is 1. The van der Waals surface area contributed by atoms with Gasteiger partial charge in [-0.25, -0.2) is 4.79 Å². The first-order valence-corrected chi connectivity index (χ1v) is 13.0. The Labute approximate surface area is 219 Å².